The standard InChI is InChI=1S/C19H20ClFNO3/c1-2-3-4-9-13-16(20)15(23)10-14(17(13)21)22-18(24)11-7-5-6-8-12(11)19(22)25/h10H,2-9H2,1H3. The Morgan fingerprint density at radius 3 is 2.28 bits per heavy atom. The van der Waals surface area contributed by atoms with Crippen LogP contribution in [0.4, 0.5) is 10.1 Å². The highest BCUT2D eigenvalue weighted by Gasteiger charge is 2.41. The van der Waals surface area contributed by atoms with E-state index in [4.69, 9.17) is 11.6 Å². The molecule has 1 radical (unpaired) electrons. The minimum atomic E-state index is -0.734. The lowest BCUT2D eigenvalue weighted by Crippen LogP contribution is -2.32. The molecule has 1 aromatic rings. The molecule has 0 spiro atoms. The number of halogens is 2. The molecule has 1 aliphatic heterocycles. The van der Waals surface area contributed by atoms with Crippen LogP contribution in [0.1, 0.15) is 57.4 Å². The molecule has 0 aromatic heterocycles. The highest BCUT2D eigenvalue weighted by atomic mass is 35.5. The molecule has 2 amide bonds. The molecule has 4 nitrogen and oxygen atoms in total. The number of rotatable bonds is 5. The lowest BCUT2D eigenvalue weighted by molar-refractivity contribution is -0.120. The van der Waals surface area contributed by atoms with E-state index in [1.807, 2.05) is 6.92 Å². The third-order valence-electron chi connectivity index (χ3n) is 4.90. The summed E-state index contributed by atoms with van der Waals surface area (Å²) in [6.07, 6.45) is 5.55. The van der Waals surface area contributed by atoms with E-state index in [0.717, 1.165) is 36.6 Å². The summed E-state index contributed by atoms with van der Waals surface area (Å²) in [5.41, 5.74) is 0.768. The van der Waals surface area contributed by atoms with E-state index in [0.29, 0.717) is 36.8 Å². The van der Waals surface area contributed by atoms with Crippen LogP contribution in [-0.2, 0) is 21.1 Å². The lowest BCUT2D eigenvalue weighted by Gasteiger charge is -2.19. The fraction of sp³-hybridized carbons (Fsp3) is 0.474. The molecule has 1 aliphatic carbocycles. The second-order valence-electron chi connectivity index (χ2n) is 6.57. The molecule has 0 unspecified atom stereocenters. The first-order chi connectivity index (χ1) is 12.0. The van der Waals surface area contributed by atoms with Gasteiger partial charge in [0.15, 0.2) is 11.6 Å². The molecule has 0 N–H and O–H groups in total. The normalized spacial score (nSPS) is 17.5. The van der Waals surface area contributed by atoms with Gasteiger partial charge in [-0.25, -0.2) is 9.29 Å². The van der Waals surface area contributed by atoms with Crippen LogP contribution >= 0.6 is 11.6 Å². The van der Waals surface area contributed by atoms with E-state index in [2.05, 4.69) is 0 Å². The minimum absolute atomic E-state index is 0.100. The zero-order chi connectivity index (χ0) is 18.1. The summed E-state index contributed by atoms with van der Waals surface area (Å²) in [4.78, 5) is 26.1. The number of benzene rings is 1. The van der Waals surface area contributed by atoms with Gasteiger partial charge in [0.25, 0.3) is 11.8 Å². The summed E-state index contributed by atoms with van der Waals surface area (Å²) in [6, 6.07) is 0.967. The second kappa shape index (κ2) is 7.16. The number of nitrogens with zero attached hydrogens (tertiary/aromatic N) is 1. The van der Waals surface area contributed by atoms with E-state index < -0.39 is 23.4 Å². The summed E-state index contributed by atoms with van der Waals surface area (Å²) in [6.45, 7) is 2.02. The molecule has 2 aliphatic rings. The smallest absolute Gasteiger partial charge is 0.261 e. The summed E-state index contributed by atoms with van der Waals surface area (Å²) < 4.78 is 15.0. The van der Waals surface area contributed by atoms with Crippen molar-refractivity contribution >= 4 is 29.1 Å². The third-order valence-corrected chi connectivity index (χ3v) is 5.31. The molecule has 0 saturated carbocycles. The third kappa shape index (κ3) is 3.06. The Balaban J connectivity index is 2.00. The molecule has 0 saturated heterocycles. The SMILES string of the molecule is CCCCCc1c(F)c(N2C(=O)C3=C(CCCC3)C2=O)cc([O])c1Cl. The maximum atomic E-state index is 15.0. The van der Waals surface area contributed by atoms with Gasteiger partial charge in [0.2, 0.25) is 0 Å². The van der Waals surface area contributed by atoms with E-state index >= 15 is 4.39 Å². The van der Waals surface area contributed by atoms with Gasteiger partial charge in [0, 0.05) is 22.8 Å². The Labute approximate surface area is 151 Å². The molecular weight excluding hydrogens is 345 g/mol. The summed E-state index contributed by atoms with van der Waals surface area (Å²) in [7, 11) is 0. The van der Waals surface area contributed by atoms with Gasteiger partial charge in [-0.3, -0.25) is 14.7 Å². The number of imide groups is 1. The van der Waals surface area contributed by atoms with Gasteiger partial charge >= 0.3 is 0 Å². The lowest BCUT2D eigenvalue weighted by atomic mass is 9.93. The van der Waals surface area contributed by atoms with Crippen molar-refractivity contribution in [2.45, 2.75) is 58.3 Å². The van der Waals surface area contributed by atoms with Crippen molar-refractivity contribution in [2.75, 3.05) is 4.90 Å². The van der Waals surface area contributed by atoms with Crippen molar-refractivity contribution < 1.29 is 19.1 Å². The van der Waals surface area contributed by atoms with Gasteiger partial charge in [0.1, 0.15) is 0 Å². The zero-order valence-corrected chi connectivity index (χ0v) is 14.9. The van der Waals surface area contributed by atoms with Gasteiger partial charge in [-0.2, -0.15) is 0 Å². The second-order valence-corrected chi connectivity index (χ2v) is 6.95. The Kier molecular flexibility index (Phi) is 5.13. The summed E-state index contributed by atoms with van der Waals surface area (Å²) in [5.74, 6) is -2.29. The quantitative estimate of drug-likeness (QED) is 0.539. The van der Waals surface area contributed by atoms with Crippen molar-refractivity contribution in [1.82, 2.24) is 0 Å². The predicted octanol–water partition coefficient (Wildman–Crippen LogP) is 5.10. The molecule has 1 heterocycles. The largest absolute Gasteiger partial charge is 0.288 e. The first-order valence-corrected chi connectivity index (χ1v) is 9.13. The molecule has 6 heteroatoms. The fourth-order valence-electron chi connectivity index (χ4n) is 3.54. The fourth-order valence-corrected chi connectivity index (χ4v) is 3.77. The zero-order valence-electron chi connectivity index (χ0n) is 14.2. The summed E-state index contributed by atoms with van der Waals surface area (Å²) >= 11 is 6.00. The first-order valence-electron chi connectivity index (χ1n) is 8.76. The molecule has 0 bridgehead atoms. The topological polar surface area (TPSA) is 57.3 Å². The molecule has 133 valence electrons. The van der Waals surface area contributed by atoms with Crippen LogP contribution in [0.2, 0.25) is 5.02 Å². The Morgan fingerprint density at radius 1 is 1.12 bits per heavy atom. The number of amides is 2. The maximum Gasteiger partial charge on any atom is 0.261 e. The molecule has 0 atom stereocenters. The van der Waals surface area contributed by atoms with Crippen LogP contribution in [0, 0.1) is 5.82 Å². The van der Waals surface area contributed by atoms with Crippen LogP contribution in [0.3, 0.4) is 0 Å². The van der Waals surface area contributed by atoms with Gasteiger partial charge in [-0.1, -0.05) is 31.4 Å². The number of carbonyl (C=O) groups excluding carboxylic acids is 2. The summed E-state index contributed by atoms with van der Waals surface area (Å²) in [5, 5.41) is 12.0. The van der Waals surface area contributed by atoms with Crippen LogP contribution in [0.15, 0.2) is 17.2 Å². The van der Waals surface area contributed by atoms with Crippen LogP contribution in [-0.4, -0.2) is 11.8 Å². The first kappa shape index (κ1) is 17.9. The van der Waals surface area contributed by atoms with Crippen LogP contribution in [0.5, 0.6) is 5.75 Å². The van der Waals surface area contributed by atoms with E-state index in [9.17, 15) is 14.7 Å². The molecule has 1 aromatic carbocycles. The van der Waals surface area contributed by atoms with E-state index in [-0.39, 0.29) is 16.3 Å². The number of carbonyl (C=O) groups is 2. The Hall–Kier alpha value is -1.88. The molecular formula is C19H20ClFNO3. The average Bonchev–Trinajstić information content (AvgIpc) is 2.86. The Bertz CT molecular complexity index is 744. The van der Waals surface area contributed by atoms with E-state index in [1.165, 1.54) is 0 Å². The molecule has 25 heavy (non-hydrogen) atoms. The highest BCUT2D eigenvalue weighted by molar-refractivity contribution is 6.34. The monoisotopic (exact) mass is 364 g/mol. The van der Waals surface area contributed by atoms with E-state index in [1.54, 1.807) is 0 Å². The number of hydrogen-bond donors (Lipinski definition) is 0. The van der Waals surface area contributed by atoms with Crippen molar-refractivity contribution in [2.24, 2.45) is 0 Å². The van der Waals surface area contributed by atoms with Crippen molar-refractivity contribution in [1.29, 1.82) is 0 Å². The van der Waals surface area contributed by atoms with Gasteiger partial charge in [0.05, 0.1) is 10.7 Å². The van der Waals surface area contributed by atoms with Gasteiger partial charge in [-0.15, -0.1) is 0 Å². The molecule has 3 rings (SSSR count). The number of hydrogen-bond acceptors (Lipinski definition) is 2. The maximum absolute atomic E-state index is 15.0. The van der Waals surface area contributed by atoms with Gasteiger partial charge in [-0.05, 0) is 38.5 Å². The average molecular weight is 365 g/mol. The van der Waals surface area contributed by atoms with Crippen molar-refractivity contribution in [3.63, 3.8) is 0 Å². The van der Waals surface area contributed by atoms with Crippen LogP contribution < -0.4 is 4.90 Å². The number of anilines is 1. The minimum Gasteiger partial charge on any atom is -0.288 e. The predicted molar refractivity (Wildman–Crippen MR) is 92.8 cm³/mol. The number of unbranched alkanes of at least 4 members (excludes halogenated alkanes) is 2. The Morgan fingerprint density at radius 2 is 1.72 bits per heavy atom. The highest BCUT2D eigenvalue weighted by Crippen LogP contribution is 2.41. The molecule has 0 fully saturated rings. The van der Waals surface area contributed by atoms with Crippen molar-refractivity contribution in [3.8, 4) is 5.75 Å². The van der Waals surface area contributed by atoms with Crippen molar-refractivity contribution in [3.05, 3.63) is 33.6 Å². The van der Waals surface area contributed by atoms with Gasteiger partial charge < -0.3 is 0 Å². The van der Waals surface area contributed by atoms with Crippen LogP contribution in [0.25, 0.3) is 0 Å².